The van der Waals surface area contributed by atoms with Crippen LogP contribution in [0, 0.1) is 0 Å². The van der Waals surface area contributed by atoms with Crippen LogP contribution < -0.4 is 10.6 Å². The molecular weight excluding hydrogens is 553 g/mol. The number of fused-ring (bicyclic) bond motifs is 3. The van der Waals surface area contributed by atoms with E-state index in [1.807, 2.05) is 13.1 Å². The number of benzene rings is 2. The molecular formula is C30H24ClF3N6O. The molecule has 3 aromatic rings. The van der Waals surface area contributed by atoms with Gasteiger partial charge in [-0.1, -0.05) is 35.9 Å². The Morgan fingerprint density at radius 3 is 2.54 bits per heavy atom. The average molecular weight is 577 g/mol. The first-order valence-electron chi connectivity index (χ1n) is 12.9. The first-order chi connectivity index (χ1) is 19.7. The maximum absolute atomic E-state index is 13.9. The normalized spacial score (nSPS) is 16.8. The van der Waals surface area contributed by atoms with Crippen LogP contribution in [0.4, 0.5) is 24.8 Å². The lowest BCUT2D eigenvalue weighted by Gasteiger charge is -2.39. The van der Waals surface area contributed by atoms with E-state index in [9.17, 15) is 18.0 Å². The van der Waals surface area contributed by atoms with Crippen LogP contribution in [0.25, 0.3) is 11.1 Å². The van der Waals surface area contributed by atoms with Crippen LogP contribution >= 0.6 is 11.6 Å². The maximum Gasteiger partial charge on any atom is 0.417 e. The molecule has 1 saturated heterocycles. The third-order valence-electron chi connectivity index (χ3n) is 7.29. The molecule has 11 heteroatoms. The number of carbonyl (C=O) groups is 1. The van der Waals surface area contributed by atoms with Gasteiger partial charge in [-0.15, -0.1) is 0 Å². The van der Waals surface area contributed by atoms with E-state index in [0.717, 1.165) is 11.6 Å². The van der Waals surface area contributed by atoms with Crippen molar-refractivity contribution in [1.82, 2.24) is 20.2 Å². The van der Waals surface area contributed by atoms with Gasteiger partial charge in [0, 0.05) is 53.9 Å². The zero-order valence-corrected chi connectivity index (χ0v) is 22.6. The second kappa shape index (κ2) is 10.6. The fourth-order valence-corrected chi connectivity index (χ4v) is 5.23. The minimum absolute atomic E-state index is 0.0117. The van der Waals surface area contributed by atoms with Crippen LogP contribution in [-0.2, 0) is 12.6 Å². The average Bonchev–Trinajstić information content (AvgIpc) is 3.11. The Morgan fingerprint density at radius 2 is 1.80 bits per heavy atom. The van der Waals surface area contributed by atoms with Gasteiger partial charge in [-0.25, -0.2) is 15.0 Å². The first-order valence-corrected chi connectivity index (χ1v) is 13.3. The molecule has 7 nitrogen and oxygen atoms in total. The van der Waals surface area contributed by atoms with Crippen LogP contribution in [0.2, 0.25) is 0 Å². The number of nitrogens with zero attached hydrogens (tertiary/aromatic N) is 4. The number of allylic oxidation sites excluding steroid dienone is 5. The number of hydrogen-bond donors (Lipinski definition) is 2. The van der Waals surface area contributed by atoms with Gasteiger partial charge in [0.1, 0.15) is 5.17 Å². The van der Waals surface area contributed by atoms with Gasteiger partial charge in [-0.2, -0.15) is 13.2 Å². The standard InChI is InChI=1S/C30H24ClF3N6O/c1-35-20-15-40(16-20)28(41)17-6-9-19(10-7-17)38-29-37-13-18-8-11-21-23(12-26(31)36-14-24(21)27(18)39-29)22-4-2-3-5-25(22)30(32,33)34/h2-7,9-14,20,35H,8,15-16H2,1H3,(H,37,38,39). The maximum atomic E-state index is 13.9. The van der Waals surface area contributed by atoms with Crippen LogP contribution in [-0.4, -0.2) is 52.1 Å². The first kappa shape index (κ1) is 26.9. The fraction of sp³-hybridized carbons (Fsp3) is 0.200. The van der Waals surface area contributed by atoms with E-state index in [2.05, 4.69) is 20.6 Å². The number of aromatic nitrogens is 2. The summed E-state index contributed by atoms with van der Waals surface area (Å²) >= 11 is 6.29. The number of likely N-dealkylation sites (tertiary alicyclic amines) is 1. The predicted octanol–water partition coefficient (Wildman–Crippen LogP) is 5.84. The summed E-state index contributed by atoms with van der Waals surface area (Å²) < 4.78 is 41.7. The summed E-state index contributed by atoms with van der Waals surface area (Å²) in [5.41, 5.74) is 3.30. The number of rotatable bonds is 5. The minimum atomic E-state index is -4.55. The Labute approximate surface area is 239 Å². The van der Waals surface area contributed by atoms with E-state index in [1.165, 1.54) is 24.4 Å². The van der Waals surface area contributed by atoms with Gasteiger partial charge in [0.25, 0.3) is 5.91 Å². The monoisotopic (exact) mass is 576 g/mol. The molecule has 1 aromatic heterocycles. The molecule has 2 aliphatic heterocycles. The Kier molecular flexibility index (Phi) is 6.96. The van der Waals surface area contributed by atoms with Gasteiger partial charge in [0.2, 0.25) is 5.95 Å². The second-order valence-electron chi connectivity index (χ2n) is 9.88. The summed E-state index contributed by atoms with van der Waals surface area (Å²) in [6, 6.07) is 12.8. The van der Waals surface area contributed by atoms with Gasteiger partial charge < -0.3 is 15.5 Å². The minimum Gasteiger partial charge on any atom is -0.335 e. The lowest BCUT2D eigenvalue weighted by atomic mass is 9.83. The molecule has 2 N–H and O–H groups in total. The zero-order chi connectivity index (χ0) is 28.7. The topological polar surface area (TPSA) is 82.5 Å². The number of hydrogen-bond acceptors (Lipinski definition) is 6. The Hall–Kier alpha value is -4.28. The van der Waals surface area contributed by atoms with E-state index in [4.69, 9.17) is 16.6 Å². The van der Waals surface area contributed by atoms with Crippen molar-refractivity contribution in [3.8, 4) is 0 Å². The zero-order valence-electron chi connectivity index (χ0n) is 21.8. The molecule has 1 amide bonds. The van der Waals surface area contributed by atoms with Crippen molar-refractivity contribution < 1.29 is 18.0 Å². The number of anilines is 2. The van der Waals surface area contributed by atoms with Crippen molar-refractivity contribution in [3.63, 3.8) is 0 Å². The molecule has 0 unspecified atom stereocenters. The summed E-state index contributed by atoms with van der Waals surface area (Å²) in [5, 5.41) is 6.37. The third kappa shape index (κ3) is 5.28. The highest BCUT2D eigenvalue weighted by Crippen LogP contribution is 2.44. The number of amides is 1. The number of aliphatic imine (C=N–C) groups is 1. The highest BCUT2D eigenvalue weighted by atomic mass is 35.5. The van der Waals surface area contributed by atoms with E-state index in [-0.39, 0.29) is 16.6 Å². The van der Waals surface area contributed by atoms with Crippen LogP contribution in [0.1, 0.15) is 32.7 Å². The summed E-state index contributed by atoms with van der Waals surface area (Å²) in [6.45, 7) is 1.36. The molecule has 0 saturated carbocycles. The van der Waals surface area contributed by atoms with Crippen molar-refractivity contribution in [3.05, 3.63) is 107 Å². The smallest absolute Gasteiger partial charge is 0.335 e. The number of likely N-dealkylation sites (N-methyl/N-ethyl adjacent to an activating group) is 1. The third-order valence-corrected chi connectivity index (χ3v) is 7.50. The summed E-state index contributed by atoms with van der Waals surface area (Å²) in [4.78, 5) is 27.8. The van der Waals surface area contributed by atoms with Gasteiger partial charge in [0.15, 0.2) is 0 Å². The van der Waals surface area contributed by atoms with Crippen LogP contribution in [0.15, 0.2) is 83.6 Å². The summed E-state index contributed by atoms with van der Waals surface area (Å²) in [7, 11) is 1.88. The lowest BCUT2D eigenvalue weighted by molar-refractivity contribution is -0.137. The molecule has 41 heavy (non-hydrogen) atoms. The highest BCUT2D eigenvalue weighted by Gasteiger charge is 2.36. The number of halogens is 4. The van der Waals surface area contributed by atoms with Crippen molar-refractivity contribution in [2.75, 3.05) is 25.5 Å². The van der Waals surface area contributed by atoms with Crippen molar-refractivity contribution >= 4 is 45.5 Å². The number of nitrogens with one attached hydrogen (secondary N) is 2. The van der Waals surface area contributed by atoms with E-state index in [1.54, 1.807) is 41.4 Å². The molecule has 0 radical (unpaired) electrons. The molecule has 6 rings (SSSR count). The van der Waals surface area contributed by atoms with Gasteiger partial charge in [-0.05, 0) is 66.6 Å². The van der Waals surface area contributed by atoms with E-state index in [0.29, 0.717) is 65.2 Å². The van der Waals surface area contributed by atoms with Gasteiger partial charge in [-0.3, -0.25) is 4.79 Å². The van der Waals surface area contributed by atoms with Crippen molar-refractivity contribution in [2.24, 2.45) is 4.99 Å². The fourth-order valence-electron chi connectivity index (χ4n) is 5.07. The summed E-state index contributed by atoms with van der Waals surface area (Å²) in [5.74, 6) is 0.271. The molecule has 3 aliphatic rings. The molecule has 1 fully saturated rings. The van der Waals surface area contributed by atoms with E-state index >= 15 is 0 Å². The SMILES string of the molecule is CNC1CN(C(=O)c2ccc(Nc3ncc4c(n3)C3=CN=C(Cl)C=C(c5ccccc5C(F)(F)F)C3=CC4)cc2)C1. The Bertz CT molecular complexity index is 1650. The quantitative estimate of drug-likeness (QED) is 0.399. The molecule has 208 valence electrons. The highest BCUT2D eigenvalue weighted by molar-refractivity contribution is 6.69. The van der Waals surface area contributed by atoms with E-state index < -0.39 is 11.7 Å². The molecule has 2 aromatic carbocycles. The molecule has 0 spiro atoms. The molecule has 1 aliphatic carbocycles. The Balaban J connectivity index is 1.27. The largest absolute Gasteiger partial charge is 0.417 e. The number of carbonyl (C=O) groups excluding carboxylic acids is 1. The van der Waals surface area contributed by atoms with Crippen molar-refractivity contribution in [1.29, 1.82) is 0 Å². The predicted molar refractivity (Wildman–Crippen MR) is 153 cm³/mol. The number of alkyl halides is 3. The second-order valence-corrected chi connectivity index (χ2v) is 10.3. The molecule has 0 bridgehead atoms. The van der Waals surface area contributed by atoms with Crippen LogP contribution in [0.5, 0.6) is 0 Å². The van der Waals surface area contributed by atoms with Gasteiger partial charge >= 0.3 is 6.18 Å². The van der Waals surface area contributed by atoms with Crippen molar-refractivity contribution in [2.45, 2.75) is 18.6 Å². The molecule has 0 atom stereocenters. The van der Waals surface area contributed by atoms with Crippen LogP contribution in [0.3, 0.4) is 0 Å². The Morgan fingerprint density at radius 1 is 1.05 bits per heavy atom. The van der Waals surface area contributed by atoms with Gasteiger partial charge in [0.05, 0.1) is 11.3 Å². The molecule has 3 heterocycles. The lowest BCUT2D eigenvalue weighted by Crippen LogP contribution is -2.58. The summed E-state index contributed by atoms with van der Waals surface area (Å²) in [6.07, 6.45) is 2.39.